The Morgan fingerprint density at radius 1 is 1.47 bits per heavy atom. The average Bonchev–Trinajstić information content (AvgIpc) is 2.74. The van der Waals surface area contributed by atoms with Crippen LogP contribution < -0.4 is 11.1 Å². The largest absolute Gasteiger partial charge is 0.419 e. The first kappa shape index (κ1) is 12.1. The monoisotopic (exact) mass is 262 g/mol. The Balaban J connectivity index is 1.98. The van der Waals surface area contributed by atoms with Crippen LogP contribution in [0.3, 0.4) is 0 Å². The predicted octanol–water partition coefficient (Wildman–Crippen LogP) is 0.303. The number of rotatable bonds is 2. The molecular formula is C13H14N2O4. The van der Waals surface area contributed by atoms with E-state index in [2.05, 4.69) is 5.32 Å². The summed E-state index contributed by atoms with van der Waals surface area (Å²) in [6.45, 7) is 1.81. The van der Waals surface area contributed by atoms with Crippen molar-refractivity contribution in [2.75, 3.05) is 19.7 Å². The van der Waals surface area contributed by atoms with Crippen molar-refractivity contribution < 1.29 is 13.9 Å². The van der Waals surface area contributed by atoms with Gasteiger partial charge in [-0.1, -0.05) is 0 Å². The molecule has 1 unspecified atom stereocenters. The Bertz CT molecular complexity index is 679. The van der Waals surface area contributed by atoms with Gasteiger partial charge in [0.2, 0.25) is 0 Å². The molecule has 1 aromatic heterocycles. The van der Waals surface area contributed by atoms with Crippen LogP contribution >= 0.6 is 0 Å². The number of carbonyl (C=O) groups is 1. The van der Waals surface area contributed by atoms with Crippen LogP contribution in [0.15, 0.2) is 27.4 Å². The van der Waals surface area contributed by atoms with E-state index in [1.54, 1.807) is 25.2 Å². The van der Waals surface area contributed by atoms with Crippen molar-refractivity contribution in [3.63, 3.8) is 0 Å². The second-order valence-electron chi connectivity index (χ2n) is 4.54. The molecule has 1 atom stereocenters. The fourth-order valence-corrected chi connectivity index (χ4v) is 2.20. The van der Waals surface area contributed by atoms with E-state index in [-0.39, 0.29) is 5.78 Å². The number of ether oxygens (including phenoxy) is 1. The first-order chi connectivity index (χ1) is 9.16. The molecule has 0 saturated carbocycles. The van der Waals surface area contributed by atoms with E-state index < -0.39 is 11.9 Å². The molecular weight excluding hydrogens is 248 g/mol. The van der Waals surface area contributed by atoms with Gasteiger partial charge in [-0.25, -0.2) is 4.79 Å². The van der Waals surface area contributed by atoms with E-state index in [4.69, 9.17) is 9.15 Å². The summed E-state index contributed by atoms with van der Waals surface area (Å²) in [5.74, 6) is -0.516. The Morgan fingerprint density at radius 2 is 2.32 bits per heavy atom. The van der Waals surface area contributed by atoms with Gasteiger partial charge in [0.05, 0.1) is 12.1 Å². The number of benzene rings is 1. The third kappa shape index (κ3) is 2.09. The fourth-order valence-electron chi connectivity index (χ4n) is 2.20. The van der Waals surface area contributed by atoms with Gasteiger partial charge in [-0.3, -0.25) is 9.36 Å². The summed E-state index contributed by atoms with van der Waals surface area (Å²) in [4.78, 5) is 23.7. The number of ketones is 1. The summed E-state index contributed by atoms with van der Waals surface area (Å²) >= 11 is 0. The van der Waals surface area contributed by atoms with Gasteiger partial charge in [0.25, 0.3) is 0 Å². The number of oxazole rings is 1. The highest BCUT2D eigenvalue weighted by Crippen LogP contribution is 2.16. The minimum atomic E-state index is -0.463. The molecule has 0 radical (unpaired) electrons. The molecule has 2 heterocycles. The number of fused-ring (bicyclic) bond motifs is 1. The average molecular weight is 262 g/mol. The Labute approximate surface area is 109 Å². The standard InChI is InChI=1S/C13H14N2O4/c1-15-9-6-8(2-3-10(9)19-13(15)17)12(16)11-7-14-4-5-18-11/h2-3,6,11,14H,4-5,7H2,1H3. The Kier molecular flexibility index (Phi) is 2.96. The molecule has 0 amide bonds. The van der Waals surface area contributed by atoms with Gasteiger partial charge in [0.1, 0.15) is 6.10 Å². The normalized spacial score (nSPS) is 19.7. The van der Waals surface area contributed by atoms with Crippen LogP contribution in [0.5, 0.6) is 0 Å². The van der Waals surface area contributed by atoms with Gasteiger partial charge in [-0.2, -0.15) is 0 Å². The van der Waals surface area contributed by atoms with E-state index >= 15 is 0 Å². The van der Waals surface area contributed by atoms with Crippen LogP contribution in [-0.4, -0.2) is 36.2 Å². The number of morpholine rings is 1. The Morgan fingerprint density at radius 3 is 3.05 bits per heavy atom. The number of Topliss-reactive ketones (excluding diaryl/α,β-unsaturated/α-hetero) is 1. The minimum absolute atomic E-state index is 0.0808. The van der Waals surface area contributed by atoms with Gasteiger partial charge in [-0.15, -0.1) is 0 Å². The molecule has 0 bridgehead atoms. The number of carbonyl (C=O) groups excluding carboxylic acids is 1. The second kappa shape index (κ2) is 4.64. The predicted molar refractivity (Wildman–Crippen MR) is 68.4 cm³/mol. The number of aromatic nitrogens is 1. The van der Waals surface area contributed by atoms with Crippen molar-refractivity contribution in [1.82, 2.24) is 9.88 Å². The summed E-state index contributed by atoms with van der Waals surface area (Å²) in [6, 6.07) is 4.96. The molecule has 6 heteroatoms. The molecule has 1 aromatic carbocycles. The first-order valence-corrected chi connectivity index (χ1v) is 6.13. The molecule has 3 rings (SSSR count). The smallest absolute Gasteiger partial charge is 0.408 e. The van der Waals surface area contributed by atoms with Crippen LogP contribution in [-0.2, 0) is 11.8 Å². The van der Waals surface area contributed by atoms with Crippen molar-refractivity contribution in [3.05, 3.63) is 34.3 Å². The number of aryl methyl sites for hydroxylation is 1. The lowest BCUT2D eigenvalue weighted by atomic mass is 10.0. The molecule has 6 nitrogen and oxygen atoms in total. The molecule has 19 heavy (non-hydrogen) atoms. The third-order valence-electron chi connectivity index (χ3n) is 3.30. The molecule has 1 aliphatic heterocycles. The maximum Gasteiger partial charge on any atom is 0.419 e. The lowest BCUT2D eigenvalue weighted by molar-refractivity contribution is 0.0269. The fraction of sp³-hybridized carbons (Fsp3) is 0.385. The molecule has 0 aliphatic carbocycles. The second-order valence-corrected chi connectivity index (χ2v) is 4.54. The lowest BCUT2D eigenvalue weighted by Crippen LogP contribution is -2.43. The highest BCUT2D eigenvalue weighted by Gasteiger charge is 2.23. The quantitative estimate of drug-likeness (QED) is 0.788. The van der Waals surface area contributed by atoms with E-state index in [0.717, 1.165) is 6.54 Å². The van der Waals surface area contributed by atoms with Crippen LogP contribution in [0, 0.1) is 0 Å². The topological polar surface area (TPSA) is 73.5 Å². The minimum Gasteiger partial charge on any atom is -0.408 e. The van der Waals surface area contributed by atoms with Crippen molar-refractivity contribution in [1.29, 1.82) is 0 Å². The van der Waals surface area contributed by atoms with Crippen LogP contribution in [0.1, 0.15) is 10.4 Å². The summed E-state index contributed by atoms with van der Waals surface area (Å²) in [5, 5.41) is 3.12. The van der Waals surface area contributed by atoms with Crippen molar-refractivity contribution in [2.45, 2.75) is 6.10 Å². The first-order valence-electron chi connectivity index (χ1n) is 6.13. The highest BCUT2D eigenvalue weighted by atomic mass is 16.5. The van der Waals surface area contributed by atoms with Crippen LogP contribution in [0.4, 0.5) is 0 Å². The zero-order valence-electron chi connectivity index (χ0n) is 10.5. The van der Waals surface area contributed by atoms with E-state index in [1.165, 1.54) is 4.57 Å². The molecule has 2 aromatic rings. The molecule has 1 saturated heterocycles. The maximum absolute atomic E-state index is 12.3. The zero-order chi connectivity index (χ0) is 13.4. The SMILES string of the molecule is Cn1c(=O)oc2ccc(C(=O)C3CNCCO3)cc21. The van der Waals surface area contributed by atoms with Gasteiger partial charge < -0.3 is 14.5 Å². The highest BCUT2D eigenvalue weighted by molar-refractivity contribution is 6.01. The number of hydrogen-bond acceptors (Lipinski definition) is 5. The molecule has 1 aliphatic rings. The number of hydrogen-bond donors (Lipinski definition) is 1. The van der Waals surface area contributed by atoms with Crippen molar-refractivity contribution in [2.24, 2.45) is 7.05 Å². The van der Waals surface area contributed by atoms with E-state index in [9.17, 15) is 9.59 Å². The van der Waals surface area contributed by atoms with Crippen molar-refractivity contribution in [3.8, 4) is 0 Å². The van der Waals surface area contributed by atoms with Gasteiger partial charge in [-0.05, 0) is 18.2 Å². The van der Waals surface area contributed by atoms with Crippen LogP contribution in [0.25, 0.3) is 11.1 Å². The summed E-state index contributed by atoms with van der Waals surface area (Å²) in [6.07, 6.45) is -0.463. The number of nitrogens with zero attached hydrogens (tertiary/aromatic N) is 1. The Hall–Kier alpha value is -1.92. The lowest BCUT2D eigenvalue weighted by Gasteiger charge is -2.22. The summed E-state index contributed by atoms with van der Waals surface area (Å²) in [7, 11) is 1.61. The number of nitrogens with one attached hydrogen (secondary N) is 1. The molecule has 1 fully saturated rings. The maximum atomic E-state index is 12.3. The molecule has 100 valence electrons. The van der Waals surface area contributed by atoms with Gasteiger partial charge in [0, 0.05) is 25.7 Å². The van der Waals surface area contributed by atoms with Gasteiger partial charge >= 0.3 is 5.76 Å². The third-order valence-corrected chi connectivity index (χ3v) is 3.30. The van der Waals surface area contributed by atoms with E-state index in [1.807, 2.05) is 0 Å². The summed E-state index contributed by atoms with van der Waals surface area (Å²) < 4.78 is 11.9. The summed E-state index contributed by atoms with van der Waals surface area (Å²) in [5.41, 5.74) is 1.61. The van der Waals surface area contributed by atoms with Crippen molar-refractivity contribution >= 4 is 16.9 Å². The van der Waals surface area contributed by atoms with Crippen LogP contribution in [0.2, 0.25) is 0 Å². The van der Waals surface area contributed by atoms with Gasteiger partial charge in [0.15, 0.2) is 11.4 Å². The zero-order valence-corrected chi connectivity index (χ0v) is 10.5. The molecule has 0 spiro atoms. The van der Waals surface area contributed by atoms with E-state index in [0.29, 0.717) is 29.8 Å². The molecule has 1 N–H and O–H groups in total.